The van der Waals surface area contributed by atoms with Crippen molar-refractivity contribution in [1.82, 2.24) is 4.98 Å². The number of nitrogens with one attached hydrogen (secondary N) is 1. The lowest BCUT2D eigenvalue weighted by Crippen LogP contribution is -2.19. The fraction of sp³-hybridized carbons (Fsp3) is 0.524. The molecule has 0 spiro atoms. The van der Waals surface area contributed by atoms with E-state index in [1.54, 1.807) is 25.3 Å². The molecule has 4 rings (SSSR count). The molecule has 0 aromatic carbocycles. The number of urea groups is 1. The third kappa shape index (κ3) is 4.16. The molecule has 0 radical (unpaired) electrons. The summed E-state index contributed by atoms with van der Waals surface area (Å²) < 4.78 is 17.1. The van der Waals surface area contributed by atoms with Crippen molar-refractivity contribution in [2.45, 2.75) is 75.0 Å². The van der Waals surface area contributed by atoms with Crippen molar-refractivity contribution in [1.29, 1.82) is 0 Å². The van der Waals surface area contributed by atoms with Crippen LogP contribution in [0.4, 0.5) is 10.5 Å². The predicted octanol–water partition coefficient (Wildman–Crippen LogP) is 4.23. The number of anilines is 1. The second kappa shape index (κ2) is 7.71. The van der Waals surface area contributed by atoms with E-state index >= 15 is 0 Å². The number of aryl methyl sites for hydroxylation is 1. The Balaban J connectivity index is 1.67. The summed E-state index contributed by atoms with van der Waals surface area (Å²) in [6.45, 7) is 5.33. The summed E-state index contributed by atoms with van der Waals surface area (Å²) in [7, 11) is -3.41. The molecular formula is C21H28N4O3S2. The van der Waals surface area contributed by atoms with E-state index in [0.29, 0.717) is 11.5 Å². The molecule has 2 aliphatic carbocycles. The van der Waals surface area contributed by atoms with Gasteiger partial charge < -0.3 is 10.4 Å². The van der Waals surface area contributed by atoms with Gasteiger partial charge in [-0.15, -0.1) is 15.7 Å². The fourth-order valence-corrected chi connectivity index (χ4v) is 6.22. The van der Waals surface area contributed by atoms with E-state index in [0.717, 1.165) is 78.1 Å². The Morgan fingerprint density at radius 2 is 2.17 bits per heavy atom. The molecule has 0 unspecified atom stereocenters. The number of rotatable bonds is 5. The molecule has 2 heterocycles. The molecule has 7 nitrogen and oxygen atoms in total. The zero-order valence-electron chi connectivity index (χ0n) is 17.5. The van der Waals surface area contributed by atoms with E-state index in [4.69, 9.17) is 10.1 Å². The van der Waals surface area contributed by atoms with Gasteiger partial charge in [-0.3, -0.25) is 4.98 Å². The number of nitrogens with zero attached hydrogens (tertiary/aromatic N) is 2. The Bertz CT molecular complexity index is 1120. The lowest BCUT2D eigenvalue weighted by molar-refractivity contribution is 0.0789. The minimum atomic E-state index is -3.41. The van der Waals surface area contributed by atoms with Crippen LogP contribution in [-0.4, -0.2) is 20.3 Å². The van der Waals surface area contributed by atoms with Crippen LogP contribution < -0.4 is 10.5 Å². The molecule has 0 aliphatic heterocycles. The number of hydrogen-bond donors (Lipinski definition) is 3. The molecule has 0 bridgehead atoms. The van der Waals surface area contributed by atoms with E-state index < -0.39 is 21.5 Å². The summed E-state index contributed by atoms with van der Waals surface area (Å²) >= 11 is 1.13. The number of aliphatic hydroxyl groups is 1. The van der Waals surface area contributed by atoms with Crippen molar-refractivity contribution in [3.05, 3.63) is 39.5 Å². The van der Waals surface area contributed by atoms with E-state index in [2.05, 4.69) is 16.6 Å². The number of pyridine rings is 1. The summed E-state index contributed by atoms with van der Waals surface area (Å²) in [5.74, 6) is 0.476. The molecule has 4 N–H and O–H groups in total. The average molecular weight is 449 g/mol. The first-order valence-electron chi connectivity index (χ1n) is 10.3. The van der Waals surface area contributed by atoms with Crippen LogP contribution in [-0.2, 0) is 34.8 Å². The van der Waals surface area contributed by atoms with Crippen LogP contribution >= 0.6 is 11.3 Å². The van der Waals surface area contributed by atoms with Gasteiger partial charge in [0.25, 0.3) is 0 Å². The van der Waals surface area contributed by atoms with Gasteiger partial charge in [-0.25, -0.2) is 14.1 Å². The average Bonchev–Trinajstić information content (AvgIpc) is 3.16. The van der Waals surface area contributed by atoms with Gasteiger partial charge >= 0.3 is 6.03 Å². The molecule has 2 amide bonds. The maximum Gasteiger partial charge on any atom is 0.354 e. The van der Waals surface area contributed by atoms with Crippen molar-refractivity contribution >= 4 is 33.0 Å². The molecule has 1 saturated carbocycles. The minimum absolute atomic E-state index is 0.268. The van der Waals surface area contributed by atoms with E-state index in [9.17, 15) is 14.1 Å². The zero-order chi connectivity index (χ0) is 21.7. The highest BCUT2D eigenvalue weighted by molar-refractivity contribution is 7.93. The molecule has 162 valence electrons. The van der Waals surface area contributed by atoms with Gasteiger partial charge in [-0.2, -0.15) is 0 Å². The van der Waals surface area contributed by atoms with Crippen molar-refractivity contribution in [2.24, 2.45) is 9.50 Å². The van der Waals surface area contributed by atoms with Crippen molar-refractivity contribution in [3.8, 4) is 0 Å². The Morgan fingerprint density at radius 1 is 1.43 bits per heavy atom. The zero-order valence-corrected chi connectivity index (χ0v) is 19.2. The van der Waals surface area contributed by atoms with E-state index in [1.165, 1.54) is 0 Å². The number of fused-ring (bicyclic) bond motifs is 1. The standard InChI is InChI=1S/C21H28N4O3S2/c1-4-14-18(12-8-9-12)23-16-7-5-6-15(16)19(14)24-20(26)25-30(22,28)17-10-13(11-29-17)21(2,3)27/h10-12,27H,4-9H2,1-3H3,(H3,22,23,24,25,26,28)/t30-/m0/s1. The topological polar surface area (TPSA) is 118 Å². The number of carbonyl (C=O) groups is 1. The first-order chi connectivity index (χ1) is 14.1. The van der Waals surface area contributed by atoms with Crippen LogP contribution in [0.1, 0.15) is 74.0 Å². The number of amides is 2. The van der Waals surface area contributed by atoms with Crippen LogP contribution in [0.25, 0.3) is 0 Å². The Hall–Kier alpha value is -1.81. The predicted molar refractivity (Wildman–Crippen MR) is 119 cm³/mol. The SMILES string of the molecule is CCc1c(C2CC2)nc2c(c1NC(=O)N=[S@](N)(=O)c1cc(C(C)(C)O)cs1)CCC2. The Morgan fingerprint density at radius 3 is 2.77 bits per heavy atom. The highest BCUT2D eigenvalue weighted by Gasteiger charge is 2.32. The van der Waals surface area contributed by atoms with Gasteiger partial charge in [0.15, 0.2) is 9.92 Å². The summed E-state index contributed by atoms with van der Waals surface area (Å²) in [6.07, 6.45) is 5.83. The molecule has 2 aromatic rings. The second-order valence-corrected chi connectivity index (χ2v) is 11.5. The van der Waals surface area contributed by atoms with Gasteiger partial charge in [0, 0.05) is 17.3 Å². The Kier molecular flexibility index (Phi) is 5.50. The minimum Gasteiger partial charge on any atom is -0.386 e. The maximum atomic E-state index is 13.0. The van der Waals surface area contributed by atoms with E-state index in [1.807, 2.05) is 0 Å². The summed E-state index contributed by atoms with van der Waals surface area (Å²) in [5.41, 5.74) is 4.58. The van der Waals surface area contributed by atoms with Crippen LogP contribution in [0, 0.1) is 0 Å². The number of carbonyl (C=O) groups excluding carboxylic acids is 1. The summed E-state index contributed by atoms with van der Waals surface area (Å²) in [4.78, 5) is 17.7. The first kappa shape index (κ1) is 21.4. The fourth-order valence-electron chi connectivity index (χ4n) is 3.94. The smallest absolute Gasteiger partial charge is 0.354 e. The third-order valence-electron chi connectivity index (χ3n) is 5.70. The van der Waals surface area contributed by atoms with Crippen LogP contribution in [0.5, 0.6) is 0 Å². The van der Waals surface area contributed by atoms with Crippen LogP contribution in [0.3, 0.4) is 0 Å². The van der Waals surface area contributed by atoms with Gasteiger partial charge in [0.05, 0.1) is 11.3 Å². The lowest BCUT2D eigenvalue weighted by Gasteiger charge is -2.17. The molecule has 0 saturated heterocycles. The van der Waals surface area contributed by atoms with Crippen molar-refractivity contribution in [3.63, 3.8) is 0 Å². The molecule has 2 aliphatic rings. The summed E-state index contributed by atoms with van der Waals surface area (Å²) in [5, 5.41) is 20.6. The van der Waals surface area contributed by atoms with Gasteiger partial charge in [-0.1, -0.05) is 6.92 Å². The van der Waals surface area contributed by atoms with Gasteiger partial charge in [0.2, 0.25) is 0 Å². The largest absolute Gasteiger partial charge is 0.386 e. The van der Waals surface area contributed by atoms with Crippen molar-refractivity contribution in [2.75, 3.05) is 5.32 Å². The first-order valence-corrected chi connectivity index (χ1v) is 12.8. The number of hydrogen-bond acceptors (Lipinski definition) is 5. The Labute approximate surface area is 181 Å². The number of aromatic nitrogens is 1. The number of thiophene rings is 1. The molecule has 2 aromatic heterocycles. The van der Waals surface area contributed by atoms with Crippen molar-refractivity contribution < 1.29 is 14.1 Å². The van der Waals surface area contributed by atoms with Gasteiger partial charge in [-0.05, 0) is 80.5 Å². The lowest BCUT2D eigenvalue weighted by atomic mass is 10.00. The molecule has 30 heavy (non-hydrogen) atoms. The third-order valence-corrected chi connectivity index (χ3v) is 8.55. The second-order valence-electron chi connectivity index (χ2n) is 8.56. The molecule has 9 heteroatoms. The van der Waals surface area contributed by atoms with Gasteiger partial charge in [0.1, 0.15) is 4.21 Å². The molecule has 1 fully saturated rings. The van der Waals surface area contributed by atoms with E-state index in [-0.39, 0.29) is 4.21 Å². The monoisotopic (exact) mass is 448 g/mol. The highest BCUT2D eigenvalue weighted by Crippen LogP contribution is 2.45. The highest BCUT2D eigenvalue weighted by atomic mass is 32.2. The van der Waals surface area contributed by atoms with Crippen LogP contribution in [0.2, 0.25) is 0 Å². The van der Waals surface area contributed by atoms with Crippen LogP contribution in [0.15, 0.2) is 20.0 Å². The molecular weight excluding hydrogens is 420 g/mol. The summed E-state index contributed by atoms with van der Waals surface area (Å²) in [6, 6.07) is 0.841. The normalized spacial score (nSPS) is 18.0. The molecule has 1 atom stereocenters. The quantitative estimate of drug-likeness (QED) is 0.634. The number of nitrogens with two attached hydrogens (primary N) is 1. The maximum absolute atomic E-state index is 13.0.